The van der Waals surface area contributed by atoms with Crippen LogP contribution in [0, 0.1) is 5.92 Å². The molecular formula is C15H32N4O2S. The van der Waals surface area contributed by atoms with Gasteiger partial charge in [0.05, 0.1) is 11.5 Å². The van der Waals surface area contributed by atoms with E-state index >= 15 is 0 Å². The van der Waals surface area contributed by atoms with E-state index in [9.17, 15) is 8.42 Å². The van der Waals surface area contributed by atoms with E-state index in [-0.39, 0.29) is 17.5 Å². The molecule has 1 rings (SSSR count). The fourth-order valence-electron chi connectivity index (χ4n) is 3.10. The zero-order chi connectivity index (χ0) is 16.8. The largest absolute Gasteiger partial charge is 0.355 e. The van der Waals surface area contributed by atoms with Crippen molar-refractivity contribution < 1.29 is 8.42 Å². The summed E-state index contributed by atoms with van der Waals surface area (Å²) < 4.78 is 23.1. The van der Waals surface area contributed by atoms with Crippen molar-refractivity contribution in [1.29, 1.82) is 0 Å². The summed E-state index contributed by atoms with van der Waals surface area (Å²) in [6, 6.07) is 0.406. The van der Waals surface area contributed by atoms with Crippen molar-refractivity contribution in [2.24, 2.45) is 10.9 Å². The van der Waals surface area contributed by atoms with E-state index < -0.39 is 9.84 Å². The molecular weight excluding hydrogens is 300 g/mol. The van der Waals surface area contributed by atoms with Crippen LogP contribution in [0.3, 0.4) is 0 Å². The summed E-state index contributed by atoms with van der Waals surface area (Å²) >= 11 is 0. The first kappa shape index (κ1) is 19.2. The third-order valence-corrected chi connectivity index (χ3v) is 6.30. The molecule has 0 spiro atoms. The smallest absolute Gasteiger partial charge is 0.191 e. The molecule has 0 aromatic carbocycles. The molecule has 130 valence electrons. The van der Waals surface area contributed by atoms with Gasteiger partial charge in [-0.1, -0.05) is 26.7 Å². The molecule has 0 saturated carbocycles. The van der Waals surface area contributed by atoms with E-state index in [4.69, 9.17) is 0 Å². The lowest BCUT2D eigenvalue weighted by atomic mass is 9.93. The first-order chi connectivity index (χ1) is 10.3. The number of guanidine groups is 1. The van der Waals surface area contributed by atoms with Gasteiger partial charge in [0.15, 0.2) is 15.8 Å². The Balaban J connectivity index is 2.55. The third-order valence-electron chi connectivity index (χ3n) is 4.53. The molecule has 6 nitrogen and oxygen atoms in total. The van der Waals surface area contributed by atoms with Crippen molar-refractivity contribution in [1.82, 2.24) is 15.5 Å². The Bertz CT molecular complexity index is 458. The molecule has 0 aliphatic carbocycles. The summed E-state index contributed by atoms with van der Waals surface area (Å²) in [6.45, 7) is 5.25. The van der Waals surface area contributed by atoms with Gasteiger partial charge in [-0.2, -0.15) is 0 Å². The van der Waals surface area contributed by atoms with Crippen LogP contribution in [0.1, 0.15) is 33.1 Å². The molecule has 1 heterocycles. The molecule has 0 bridgehead atoms. The molecule has 1 fully saturated rings. The van der Waals surface area contributed by atoms with Crippen LogP contribution in [0.15, 0.2) is 4.99 Å². The van der Waals surface area contributed by atoms with Crippen molar-refractivity contribution in [3.8, 4) is 0 Å². The van der Waals surface area contributed by atoms with Crippen molar-refractivity contribution >= 4 is 15.8 Å². The normalized spacial score (nSPS) is 23.0. The Labute approximate surface area is 135 Å². The zero-order valence-corrected chi connectivity index (χ0v) is 15.4. The maximum Gasteiger partial charge on any atom is 0.191 e. The Morgan fingerprint density at radius 3 is 2.36 bits per heavy atom. The minimum Gasteiger partial charge on any atom is -0.355 e. The van der Waals surface area contributed by atoms with Crippen LogP contribution < -0.4 is 10.6 Å². The van der Waals surface area contributed by atoms with Gasteiger partial charge in [-0.25, -0.2) is 8.42 Å². The van der Waals surface area contributed by atoms with Crippen LogP contribution in [0.5, 0.6) is 0 Å². The van der Waals surface area contributed by atoms with Gasteiger partial charge < -0.3 is 15.5 Å². The number of hydrogen-bond acceptors (Lipinski definition) is 4. The first-order valence-corrected chi connectivity index (χ1v) is 9.99. The Kier molecular flexibility index (Phi) is 7.62. The van der Waals surface area contributed by atoms with Crippen LogP contribution in [0.2, 0.25) is 0 Å². The molecule has 7 heteroatoms. The van der Waals surface area contributed by atoms with Crippen LogP contribution in [0.25, 0.3) is 0 Å². The molecule has 1 aliphatic heterocycles. The van der Waals surface area contributed by atoms with E-state index in [1.165, 1.54) is 0 Å². The molecule has 0 aromatic rings. The number of nitrogens with one attached hydrogen (secondary N) is 2. The number of rotatable bonds is 7. The summed E-state index contributed by atoms with van der Waals surface area (Å²) in [5, 5.41) is 6.59. The van der Waals surface area contributed by atoms with Crippen molar-refractivity contribution in [3.63, 3.8) is 0 Å². The second-order valence-corrected chi connectivity index (χ2v) is 8.53. The second-order valence-electron chi connectivity index (χ2n) is 6.30. The van der Waals surface area contributed by atoms with Crippen molar-refractivity contribution in [3.05, 3.63) is 0 Å². The highest BCUT2D eigenvalue weighted by atomic mass is 32.2. The van der Waals surface area contributed by atoms with E-state index in [0.29, 0.717) is 24.3 Å². The van der Waals surface area contributed by atoms with Crippen molar-refractivity contribution in [2.75, 3.05) is 39.2 Å². The SMILES string of the molecule is CCC(CC)C(CNC(=NC)NC1CCS(=O)(=O)C1)N(C)C. The summed E-state index contributed by atoms with van der Waals surface area (Å²) in [5.41, 5.74) is 0. The zero-order valence-electron chi connectivity index (χ0n) is 14.6. The average Bonchev–Trinajstić information content (AvgIpc) is 2.80. The topological polar surface area (TPSA) is 73.8 Å². The van der Waals surface area contributed by atoms with Gasteiger partial charge in [-0.15, -0.1) is 0 Å². The van der Waals surface area contributed by atoms with Crippen LogP contribution in [0.4, 0.5) is 0 Å². The highest BCUT2D eigenvalue weighted by molar-refractivity contribution is 7.91. The van der Waals surface area contributed by atoms with E-state index in [1.807, 2.05) is 0 Å². The number of aliphatic imine (C=N–C) groups is 1. The molecule has 2 unspecified atom stereocenters. The molecule has 2 atom stereocenters. The molecule has 1 aliphatic rings. The Hall–Kier alpha value is -0.820. The summed E-state index contributed by atoms with van der Waals surface area (Å²) in [5.74, 6) is 1.81. The minimum absolute atomic E-state index is 0.0258. The molecule has 0 aromatic heterocycles. The Morgan fingerprint density at radius 2 is 1.95 bits per heavy atom. The maximum atomic E-state index is 11.5. The maximum absolute atomic E-state index is 11.5. The number of nitrogens with zero attached hydrogens (tertiary/aromatic N) is 2. The fraction of sp³-hybridized carbons (Fsp3) is 0.933. The predicted molar refractivity (Wildman–Crippen MR) is 93.1 cm³/mol. The molecule has 0 amide bonds. The van der Waals surface area contributed by atoms with E-state index in [0.717, 1.165) is 19.4 Å². The molecule has 0 radical (unpaired) electrons. The van der Waals surface area contributed by atoms with E-state index in [2.05, 4.69) is 48.5 Å². The minimum atomic E-state index is -2.87. The fourth-order valence-corrected chi connectivity index (χ4v) is 4.78. The van der Waals surface area contributed by atoms with E-state index in [1.54, 1.807) is 7.05 Å². The highest BCUT2D eigenvalue weighted by Crippen LogP contribution is 2.16. The summed E-state index contributed by atoms with van der Waals surface area (Å²) in [7, 11) is 3.06. The van der Waals surface area contributed by atoms with Gasteiger partial charge in [-0.3, -0.25) is 4.99 Å². The third kappa shape index (κ3) is 5.76. The van der Waals surface area contributed by atoms with Gasteiger partial charge in [0, 0.05) is 25.7 Å². The monoisotopic (exact) mass is 332 g/mol. The number of likely N-dealkylation sites (N-methyl/N-ethyl adjacent to an activating group) is 1. The lowest BCUT2D eigenvalue weighted by Crippen LogP contribution is -2.50. The summed E-state index contributed by atoms with van der Waals surface area (Å²) in [6.07, 6.45) is 2.95. The summed E-state index contributed by atoms with van der Waals surface area (Å²) in [4.78, 5) is 6.47. The van der Waals surface area contributed by atoms with Crippen LogP contribution >= 0.6 is 0 Å². The van der Waals surface area contributed by atoms with Gasteiger partial charge in [0.25, 0.3) is 0 Å². The lowest BCUT2D eigenvalue weighted by Gasteiger charge is -2.32. The van der Waals surface area contributed by atoms with Crippen molar-refractivity contribution in [2.45, 2.75) is 45.2 Å². The molecule has 1 saturated heterocycles. The molecule has 2 N–H and O–H groups in total. The average molecular weight is 333 g/mol. The van der Waals surface area contributed by atoms with Gasteiger partial charge >= 0.3 is 0 Å². The van der Waals surface area contributed by atoms with Crippen LogP contribution in [-0.4, -0.2) is 70.6 Å². The standard InChI is InChI=1S/C15H32N4O2S/c1-6-12(7-2)14(19(4)5)10-17-15(16-3)18-13-8-9-22(20,21)11-13/h12-14H,6-11H2,1-5H3,(H2,16,17,18). The second kappa shape index (κ2) is 8.72. The lowest BCUT2D eigenvalue weighted by molar-refractivity contribution is 0.200. The van der Waals surface area contributed by atoms with Gasteiger partial charge in [-0.05, 0) is 26.4 Å². The Morgan fingerprint density at radius 1 is 1.32 bits per heavy atom. The number of hydrogen-bond donors (Lipinski definition) is 2. The predicted octanol–water partition coefficient (Wildman–Crippen LogP) is 0.705. The van der Waals surface area contributed by atoms with Gasteiger partial charge in [0.1, 0.15) is 0 Å². The molecule has 22 heavy (non-hydrogen) atoms. The quantitative estimate of drug-likeness (QED) is 0.530. The first-order valence-electron chi connectivity index (χ1n) is 8.17. The number of sulfone groups is 1. The van der Waals surface area contributed by atoms with Crippen LogP contribution in [-0.2, 0) is 9.84 Å². The highest BCUT2D eigenvalue weighted by Gasteiger charge is 2.28. The van der Waals surface area contributed by atoms with Gasteiger partial charge in [0.2, 0.25) is 0 Å².